The topological polar surface area (TPSA) is 43.8 Å². The van der Waals surface area contributed by atoms with Gasteiger partial charge in [0, 0.05) is 23.2 Å². The van der Waals surface area contributed by atoms with Crippen molar-refractivity contribution in [2.75, 3.05) is 5.73 Å². The van der Waals surface area contributed by atoms with Gasteiger partial charge in [0.2, 0.25) is 0 Å². The standard InChI is InChI=1S/C16H18ClN3/c1-20-16(18)14(11-6-3-2-4-7-11)15(19-20)12-8-5-9-13(17)10-12/h5-6,8-10H,2-4,7,18H2,1H3. The largest absolute Gasteiger partial charge is 0.383 e. The van der Waals surface area contributed by atoms with Crippen LogP contribution in [-0.4, -0.2) is 9.78 Å². The molecule has 0 saturated heterocycles. The van der Waals surface area contributed by atoms with Crippen molar-refractivity contribution in [2.45, 2.75) is 25.7 Å². The van der Waals surface area contributed by atoms with Gasteiger partial charge < -0.3 is 5.73 Å². The summed E-state index contributed by atoms with van der Waals surface area (Å²) in [6.07, 6.45) is 6.97. The summed E-state index contributed by atoms with van der Waals surface area (Å²) in [6.45, 7) is 0. The van der Waals surface area contributed by atoms with Gasteiger partial charge >= 0.3 is 0 Å². The van der Waals surface area contributed by atoms with E-state index in [1.165, 1.54) is 18.4 Å². The molecule has 0 atom stereocenters. The van der Waals surface area contributed by atoms with E-state index in [4.69, 9.17) is 17.3 Å². The predicted octanol–water partition coefficient (Wildman–Crippen LogP) is 4.28. The van der Waals surface area contributed by atoms with Gasteiger partial charge in [-0.15, -0.1) is 0 Å². The smallest absolute Gasteiger partial charge is 0.129 e. The Hall–Kier alpha value is -1.74. The second kappa shape index (κ2) is 5.33. The van der Waals surface area contributed by atoms with Crippen molar-refractivity contribution in [3.05, 3.63) is 40.9 Å². The molecule has 1 aliphatic carbocycles. The molecule has 3 rings (SSSR count). The van der Waals surface area contributed by atoms with Crippen LogP contribution in [0.3, 0.4) is 0 Å². The monoisotopic (exact) mass is 287 g/mol. The minimum atomic E-state index is 0.718. The van der Waals surface area contributed by atoms with E-state index < -0.39 is 0 Å². The van der Waals surface area contributed by atoms with Gasteiger partial charge in [-0.2, -0.15) is 5.10 Å². The molecule has 4 heteroatoms. The number of aryl methyl sites for hydroxylation is 1. The summed E-state index contributed by atoms with van der Waals surface area (Å²) in [4.78, 5) is 0. The fraction of sp³-hybridized carbons (Fsp3) is 0.312. The molecule has 0 saturated carbocycles. The van der Waals surface area contributed by atoms with Crippen molar-refractivity contribution >= 4 is 23.0 Å². The van der Waals surface area contributed by atoms with E-state index in [0.717, 1.165) is 40.5 Å². The number of rotatable bonds is 2. The summed E-state index contributed by atoms with van der Waals surface area (Å²) >= 11 is 6.10. The Morgan fingerprint density at radius 3 is 2.85 bits per heavy atom. The molecule has 0 amide bonds. The van der Waals surface area contributed by atoms with Gasteiger partial charge in [-0.3, -0.25) is 4.68 Å². The maximum Gasteiger partial charge on any atom is 0.129 e. The molecule has 0 spiro atoms. The van der Waals surface area contributed by atoms with E-state index >= 15 is 0 Å². The average molecular weight is 288 g/mol. The number of benzene rings is 1. The summed E-state index contributed by atoms with van der Waals surface area (Å²) in [6, 6.07) is 7.79. The highest BCUT2D eigenvalue weighted by Crippen LogP contribution is 2.37. The van der Waals surface area contributed by atoms with Crippen molar-refractivity contribution in [3.8, 4) is 11.3 Å². The van der Waals surface area contributed by atoms with Crippen molar-refractivity contribution in [2.24, 2.45) is 7.05 Å². The van der Waals surface area contributed by atoms with Crippen LogP contribution in [0, 0.1) is 0 Å². The molecule has 3 nitrogen and oxygen atoms in total. The third kappa shape index (κ3) is 2.34. The lowest BCUT2D eigenvalue weighted by molar-refractivity contribution is 0.742. The Bertz CT molecular complexity index is 670. The maximum absolute atomic E-state index is 6.24. The minimum absolute atomic E-state index is 0.718. The number of anilines is 1. The Morgan fingerprint density at radius 2 is 2.15 bits per heavy atom. The summed E-state index contributed by atoms with van der Waals surface area (Å²) in [7, 11) is 1.89. The van der Waals surface area contributed by atoms with Crippen LogP contribution in [0.4, 0.5) is 5.82 Å². The molecule has 1 aromatic heterocycles. The van der Waals surface area contributed by atoms with E-state index in [1.807, 2.05) is 31.3 Å². The molecule has 2 N–H and O–H groups in total. The quantitative estimate of drug-likeness (QED) is 0.896. The second-order valence-electron chi connectivity index (χ2n) is 5.22. The van der Waals surface area contributed by atoms with Crippen LogP contribution >= 0.6 is 11.6 Å². The maximum atomic E-state index is 6.24. The Labute approximate surface area is 124 Å². The third-order valence-electron chi connectivity index (χ3n) is 3.80. The van der Waals surface area contributed by atoms with Gasteiger partial charge in [-0.25, -0.2) is 0 Å². The van der Waals surface area contributed by atoms with Crippen molar-refractivity contribution in [1.29, 1.82) is 0 Å². The van der Waals surface area contributed by atoms with Gasteiger partial charge in [0.15, 0.2) is 0 Å². The van der Waals surface area contributed by atoms with Crippen molar-refractivity contribution < 1.29 is 0 Å². The molecular weight excluding hydrogens is 270 g/mol. The van der Waals surface area contributed by atoms with Gasteiger partial charge in [0.25, 0.3) is 0 Å². The number of hydrogen-bond acceptors (Lipinski definition) is 2. The first-order valence-electron chi connectivity index (χ1n) is 6.94. The highest BCUT2D eigenvalue weighted by molar-refractivity contribution is 6.30. The Morgan fingerprint density at radius 1 is 1.30 bits per heavy atom. The van der Waals surface area contributed by atoms with Crippen LogP contribution in [0.1, 0.15) is 31.2 Å². The third-order valence-corrected chi connectivity index (χ3v) is 4.04. The molecule has 20 heavy (non-hydrogen) atoms. The van der Waals surface area contributed by atoms with Crippen LogP contribution in [0.5, 0.6) is 0 Å². The Kier molecular flexibility index (Phi) is 3.53. The van der Waals surface area contributed by atoms with Crippen LogP contribution in [0.15, 0.2) is 30.3 Å². The zero-order valence-corrected chi connectivity index (χ0v) is 12.3. The number of nitrogen functional groups attached to an aromatic ring is 1. The molecule has 0 unspecified atom stereocenters. The molecule has 0 fully saturated rings. The number of nitrogens with zero attached hydrogens (tertiary/aromatic N) is 2. The van der Waals surface area contributed by atoms with Crippen molar-refractivity contribution in [3.63, 3.8) is 0 Å². The average Bonchev–Trinajstić information content (AvgIpc) is 2.76. The van der Waals surface area contributed by atoms with E-state index in [2.05, 4.69) is 11.2 Å². The Balaban J connectivity index is 2.16. The highest BCUT2D eigenvalue weighted by atomic mass is 35.5. The molecule has 0 aliphatic heterocycles. The van der Waals surface area contributed by atoms with Crippen molar-refractivity contribution in [1.82, 2.24) is 9.78 Å². The first-order chi connectivity index (χ1) is 9.66. The second-order valence-corrected chi connectivity index (χ2v) is 5.65. The predicted molar refractivity (Wildman–Crippen MR) is 84.5 cm³/mol. The summed E-state index contributed by atoms with van der Waals surface area (Å²) in [5.74, 6) is 0.730. The summed E-state index contributed by atoms with van der Waals surface area (Å²) < 4.78 is 1.75. The number of halogens is 1. The van der Waals surface area contributed by atoms with Gasteiger partial charge in [-0.1, -0.05) is 29.8 Å². The minimum Gasteiger partial charge on any atom is -0.383 e. The molecular formula is C16H18ClN3. The van der Waals surface area contributed by atoms with Gasteiger partial charge in [0.05, 0.1) is 0 Å². The summed E-state index contributed by atoms with van der Waals surface area (Å²) in [5, 5.41) is 5.31. The fourth-order valence-electron chi connectivity index (χ4n) is 2.76. The first-order valence-corrected chi connectivity index (χ1v) is 7.32. The van der Waals surface area contributed by atoms with Crippen LogP contribution < -0.4 is 5.73 Å². The van der Waals surface area contributed by atoms with E-state index in [1.54, 1.807) is 4.68 Å². The number of hydrogen-bond donors (Lipinski definition) is 1. The van der Waals surface area contributed by atoms with Gasteiger partial charge in [-0.05, 0) is 43.4 Å². The molecule has 1 aromatic carbocycles. The zero-order chi connectivity index (χ0) is 14.1. The van der Waals surface area contributed by atoms with Crippen LogP contribution in [0.2, 0.25) is 5.02 Å². The molecule has 1 aliphatic rings. The van der Waals surface area contributed by atoms with E-state index in [9.17, 15) is 0 Å². The lowest BCUT2D eigenvalue weighted by Gasteiger charge is -2.13. The molecule has 0 bridgehead atoms. The highest BCUT2D eigenvalue weighted by Gasteiger charge is 2.20. The molecule has 104 valence electrons. The SMILES string of the molecule is Cn1nc(-c2cccc(Cl)c2)c(C2=CCCCC2)c1N. The van der Waals surface area contributed by atoms with Gasteiger partial charge in [0.1, 0.15) is 11.5 Å². The van der Waals surface area contributed by atoms with Crippen LogP contribution in [-0.2, 0) is 7.05 Å². The molecule has 2 aromatic rings. The normalized spacial score (nSPS) is 15.2. The number of nitrogens with two attached hydrogens (primary N) is 1. The zero-order valence-electron chi connectivity index (χ0n) is 11.6. The van der Waals surface area contributed by atoms with Crippen LogP contribution in [0.25, 0.3) is 16.8 Å². The molecule has 1 heterocycles. The number of allylic oxidation sites excluding steroid dienone is 2. The fourth-order valence-corrected chi connectivity index (χ4v) is 2.95. The lowest BCUT2D eigenvalue weighted by Crippen LogP contribution is -2.00. The lowest BCUT2D eigenvalue weighted by atomic mass is 9.92. The van der Waals surface area contributed by atoms with E-state index in [-0.39, 0.29) is 0 Å². The van der Waals surface area contributed by atoms with E-state index in [0.29, 0.717) is 0 Å². The molecule has 0 radical (unpaired) electrons. The summed E-state index contributed by atoms with van der Waals surface area (Å²) in [5.41, 5.74) is 10.6. The first kappa shape index (κ1) is 13.3. The number of aromatic nitrogens is 2.